The Kier molecular flexibility index (Phi) is 7.38. The van der Waals surface area contributed by atoms with Crippen LogP contribution in [-0.4, -0.2) is 40.3 Å². The van der Waals surface area contributed by atoms with Crippen LogP contribution in [0.1, 0.15) is 18.1 Å². The molecule has 2 amide bonds. The zero-order valence-corrected chi connectivity index (χ0v) is 18.9. The van der Waals surface area contributed by atoms with Crippen LogP contribution in [0.2, 0.25) is 0 Å². The van der Waals surface area contributed by atoms with Gasteiger partial charge in [0.05, 0.1) is 15.1 Å². The summed E-state index contributed by atoms with van der Waals surface area (Å²) in [6, 6.07) is 13.3. The lowest BCUT2D eigenvalue weighted by atomic mass is 10.1. The number of carbonyl (C=O) groups is 3. The molecule has 0 unspecified atom stereocenters. The largest absolute Gasteiger partial charge is 0.490 e. The number of carbonyl (C=O) groups excluding carboxylic acids is 2. The molecule has 0 bridgehead atoms. The number of rotatable bonds is 8. The molecule has 2 aromatic rings. The highest BCUT2D eigenvalue weighted by atomic mass is 127. The number of carboxylic acid groups (broad SMARTS) is 1. The molecular weight excluding hydrogens is 521 g/mol. The minimum Gasteiger partial charge on any atom is -0.490 e. The molecule has 9 heteroatoms. The normalized spacial score (nSPS) is 15.0. The van der Waals surface area contributed by atoms with Crippen LogP contribution in [0, 0.1) is 3.57 Å². The lowest BCUT2D eigenvalue weighted by Gasteiger charge is -2.15. The number of halogens is 1. The molecule has 0 aromatic heterocycles. The van der Waals surface area contributed by atoms with Crippen molar-refractivity contribution >= 4 is 57.5 Å². The maximum Gasteiger partial charge on any atom is 0.323 e. The van der Waals surface area contributed by atoms with Gasteiger partial charge in [0.1, 0.15) is 13.2 Å². The van der Waals surface area contributed by atoms with E-state index in [4.69, 9.17) is 14.6 Å². The maximum absolute atomic E-state index is 12.4. The smallest absolute Gasteiger partial charge is 0.323 e. The van der Waals surface area contributed by atoms with Crippen molar-refractivity contribution in [3.8, 4) is 11.5 Å². The summed E-state index contributed by atoms with van der Waals surface area (Å²) in [5.41, 5.74) is 1.67. The van der Waals surface area contributed by atoms with Crippen LogP contribution >= 0.6 is 34.4 Å². The summed E-state index contributed by atoms with van der Waals surface area (Å²) >= 11 is 2.85. The van der Waals surface area contributed by atoms with Gasteiger partial charge in [-0.25, -0.2) is 0 Å². The van der Waals surface area contributed by atoms with Gasteiger partial charge >= 0.3 is 5.97 Å². The number of hydrogen-bond acceptors (Lipinski definition) is 6. The second-order valence-corrected chi connectivity index (χ2v) is 8.35. The number of ether oxygens (including phenoxy) is 2. The Labute approximate surface area is 191 Å². The highest BCUT2D eigenvalue weighted by molar-refractivity contribution is 14.1. The molecular formula is C21H18INO6S. The average Bonchev–Trinajstić information content (AvgIpc) is 2.95. The summed E-state index contributed by atoms with van der Waals surface area (Å²) in [5.74, 6) is -0.745. The number of nitrogens with zero attached hydrogens (tertiary/aromatic N) is 1. The van der Waals surface area contributed by atoms with E-state index in [1.165, 1.54) is 0 Å². The molecule has 1 N–H and O–H groups in total. The number of imide groups is 1. The quantitative estimate of drug-likeness (QED) is 0.393. The van der Waals surface area contributed by atoms with Crippen LogP contribution < -0.4 is 9.47 Å². The minimum absolute atomic E-state index is 0.164. The predicted octanol–water partition coefficient (Wildman–Crippen LogP) is 4.39. The van der Waals surface area contributed by atoms with Gasteiger partial charge in [0.2, 0.25) is 0 Å². The van der Waals surface area contributed by atoms with Crippen LogP contribution in [0.3, 0.4) is 0 Å². The molecule has 1 saturated heterocycles. The van der Waals surface area contributed by atoms with Crippen molar-refractivity contribution in [2.75, 3.05) is 13.2 Å². The number of amides is 2. The Hall–Kier alpha value is -2.53. The third-order valence-corrected chi connectivity index (χ3v) is 5.73. The van der Waals surface area contributed by atoms with Crippen LogP contribution in [-0.2, 0) is 16.2 Å². The zero-order chi connectivity index (χ0) is 21.7. The summed E-state index contributed by atoms with van der Waals surface area (Å²) in [7, 11) is 0. The molecule has 0 aliphatic carbocycles. The molecule has 2 aromatic carbocycles. The molecule has 0 spiro atoms. The highest BCUT2D eigenvalue weighted by Gasteiger charge is 2.36. The molecule has 0 atom stereocenters. The summed E-state index contributed by atoms with van der Waals surface area (Å²) in [6.45, 7) is 2.01. The fourth-order valence-corrected chi connectivity index (χ4v) is 4.35. The third kappa shape index (κ3) is 5.33. The van der Waals surface area contributed by atoms with E-state index in [-0.39, 0.29) is 4.91 Å². The molecule has 1 aliphatic heterocycles. The van der Waals surface area contributed by atoms with Gasteiger partial charge in [-0.2, -0.15) is 0 Å². The topological polar surface area (TPSA) is 93.1 Å². The number of thioether (sulfide) groups is 1. The fraction of sp³-hybridized carbons (Fsp3) is 0.190. The van der Waals surface area contributed by atoms with E-state index >= 15 is 0 Å². The zero-order valence-electron chi connectivity index (χ0n) is 16.0. The molecule has 156 valence electrons. The molecule has 0 radical (unpaired) electrons. The summed E-state index contributed by atoms with van der Waals surface area (Å²) < 4.78 is 12.5. The first-order valence-corrected chi connectivity index (χ1v) is 10.9. The number of aliphatic carboxylic acids is 1. The molecule has 30 heavy (non-hydrogen) atoms. The lowest BCUT2D eigenvalue weighted by Crippen LogP contribution is -2.33. The van der Waals surface area contributed by atoms with E-state index in [2.05, 4.69) is 22.6 Å². The first-order valence-electron chi connectivity index (χ1n) is 8.99. The van der Waals surface area contributed by atoms with Crippen molar-refractivity contribution < 1.29 is 29.0 Å². The number of carboxylic acids is 1. The van der Waals surface area contributed by atoms with Crippen LogP contribution in [0.5, 0.6) is 11.5 Å². The number of hydrogen-bond donors (Lipinski definition) is 1. The highest BCUT2D eigenvalue weighted by Crippen LogP contribution is 2.37. The van der Waals surface area contributed by atoms with E-state index < -0.39 is 23.7 Å². The molecule has 3 rings (SSSR count). The first kappa shape index (κ1) is 22.2. The van der Waals surface area contributed by atoms with Gasteiger partial charge in [-0.1, -0.05) is 30.3 Å². The fourth-order valence-electron chi connectivity index (χ4n) is 2.73. The van der Waals surface area contributed by atoms with Gasteiger partial charge < -0.3 is 14.6 Å². The Morgan fingerprint density at radius 2 is 1.93 bits per heavy atom. The Bertz CT molecular complexity index is 1010. The van der Waals surface area contributed by atoms with Crippen LogP contribution in [0.25, 0.3) is 6.08 Å². The molecule has 1 fully saturated rings. The van der Waals surface area contributed by atoms with E-state index in [1.807, 2.05) is 43.3 Å². The summed E-state index contributed by atoms with van der Waals surface area (Å²) in [5, 5.41) is 8.27. The van der Waals surface area contributed by atoms with Crippen molar-refractivity contribution in [1.29, 1.82) is 0 Å². The first-order chi connectivity index (χ1) is 14.4. The third-order valence-electron chi connectivity index (χ3n) is 4.02. The monoisotopic (exact) mass is 539 g/mol. The number of benzene rings is 2. The van der Waals surface area contributed by atoms with Gasteiger partial charge in [0, 0.05) is 0 Å². The van der Waals surface area contributed by atoms with Crippen LogP contribution in [0.4, 0.5) is 4.79 Å². The SMILES string of the molecule is CCOc1cc(/C=C2/SC(=O)N(CC(=O)O)C2=O)cc(I)c1OCc1ccccc1. The maximum atomic E-state index is 12.4. The minimum atomic E-state index is -1.24. The summed E-state index contributed by atoms with van der Waals surface area (Å²) in [4.78, 5) is 36.1. The van der Waals surface area contributed by atoms with Crippen molar-refractivity contribution in [3.63, 3.8) is 0 Å². The van der Waals surface area contributed by atoms with Gasteiger partial charge in [0.15, 0.2) is 11.5 Å². The van der Waals surface area contributed by atoms with E-state index in [1.54, 1.807) is 12.1 Å². The predicted molar refractivity (Wildman–Crippen MR) is 121 cm³/mol. The lowest BCUT2D eigenvalue weighted by molar-refractivity contribution is -0.140. The van der Waals surface area contributed by atoms with E-state index in [0.717, 1.165) is 9.13 Å². The van der Waals surface area contributed by atoms with Crippen LogP contribution in [0.15, 0.2) is 47.4 Å². The van der Waals surface area contributed by atoms with E-state index in [0.29, 0.717) is 46.9 Å². The van der Waals surface area contributed by atoms with Crippen molar-refractivity contribution in [2.45, 2.75) is 13.5 Å². The molecule has 7 nitrogen and oxygen atoms in total. The Balaban J connectivity index is 1.86. The average molecular weight is 539 g/mol. The van der Waals surface area contributed by atoms with Crippen molar-refractivity contribution in [2.24, 2.45) is 0 Å². The van der Waals surface area contributed by atoms with Crippen molar-refractivity contribution in [3.05, 3.63) is 62.1 Å². The summed E-state index contributed by atoms with van der Waals surface area (Å²) in [6.07, 6.45) is 1.55. The molecule has 1 heterocycles. The second kappa shape index (κ2) is 9.98. The van der Waals surface area contributed by atoms with Crippen molar-refractivity contribution in [1.82, 2.24) is 4.90 Å². The second-order valence-electron chi connectivity index (χ2n) is 6.20. The Morgan fingerprint density at radius 1 is 1.20 bits per heavy atom. The van der Waals surface area contributed by atoms with Gasteiger partial charge in [0.25, 0.3) is 11.1 Å². The molecule has 0 saturated carbocycles. The Morgan fingerprint density at radius 3 is 2.60 bits per heavy atom. The van der Waals surface area contributed by atoms with Gasteiger partial charge in [-0.15, -0.1) is 0 Å². The van der Waals surface area contributed by atoms with Gasteiger partial charge in [-0.05, 0) is 70.6 Å². The van der Waals surface area contributed by atoms with E-state index in [9.17, 15) is 14.4 Å². The van der Waals surface area contributed by atoms with Gasteiger partial charge in [-0.3, -0.25) is 19.3 Å². The molecule has 1 aliphatic rings. The standard InChI is InChI=1S/C21H18INO6S/c1-2-28-16-9-14(10-17-20(26)23(11-18(24)25)21(27)30-17)8-15(22)19(16)29-12-13-6-4-3-5-7-13/h3-10H,2,11-12H2,1H3,(H,24,25)/b17-10+.